The molecule has 1 amide bonds. The van der Waals surface area contributed by atoms with Crippen molar-refractivity contribution in [2.45, 2.75) is 33.6 Å². The van der Waals surface area contributed by atoms with E-state index >= 15 is 0 Å². The van der Waals surface area contributed by atoms with Crippen molar-refractivity contribution in [3.63, 3.8) is 0 Å². The first-order valence-corrected chi connectivity index (χ1v) is 6.86. The van der Waals surface area contributed by atoms with Crippen molar-refractivity contribution in [2.24, 2.45) is 5.41 Å². The minimum Gasteiger partial charge on any atom is -0.398 e. The second-order valence-corrected chi connectivity index (χ2v) is 6.87. The van der Waals surface area contributed by atoms with Gasteiger partial charge >= 0.3 is 0 Å². The van der Waals surface area contributed by atoms with E-state index < -0.39 is 0 Å². The van der Waals surface area contributed by atoms with Crippen molar-refractivity contribution in [2.75, 3.05) is 18.8 Å². The van der Waals surface area contributed by atoms with E-state index in [-0.39, 0.29) is 11.3 Å². The van der Waals surface area contributed by atoms with E-state index in [1.807, 2.05) is 17.9 Å². The molecular formula is C13H20N2OS. The average molecular weight is 252 g/mol. The van der Waals surface area contributed by atoms with Crippen LogP contribution in [-0.2, 0) is 0 Å². The second kappa shape index (κ2) is 4.33. The molecule has 3 nitrogen and oxygen atoms in total. The van der Waals surface area contributed by atoms with Gasteiger partial charge in [0, 0.05) is 23.7 Å². The van der Waals surface area contributed by atoms with Crippen LogP contribution in [0.5, 0.6) is 0 Å². The zero-order chi connectivity index (χ0) is 12.6. The number of anilines is 1. The summed E-state index contributed by atoms with van der Waals surface area (Å²) in [7, 11) is 0. The molecule has 1 aliphatic rings. The molecule has 2 rings (SSSR count). The Morgan fingerprint density at radius 3 is 2.76 bits per heavy atom. The van der Waals surface area contributed by atoms with Crippen LogP contribution in [0.15, 0.2) is 6.07 Å². The summed E-state index contributed by atoms with van der Waals surface area (Å²) in [6.45, 7) is 8.12. The lowest BCUT2D eigenvalue weighted by molar-refractivity contribution is 0.0588. The lowest BCUT2D eigenvalue weighted by Crippen LogP contribution is -2.43. The summed E-state index contributed by atoms with van der Waals surface area (Å²) in [5.41, 5.74) is 6.77. The first-order chi connectivity index (χ1) is 7.89. The Balaban J connectivity index is 2.15. The number of carbonyl (C=O) groups excluding carboxylic acids is 1. The normalized spacial score (nSPS) is 19.4. The van der Waals surface area contributed by atoms with Crippen LogP contribution in [0, 0.1) is 12.3 Å². The predicted octanol–water partition coefficient (Wildman–Crippen LogP) is 2.90. The Labute approximate surface area is 107 Å². The van der Waals surface area contributed by atoms with Gasteiger partial charge < -0.3 is 10.6 Å². The predicted molar refractivity (Wildman–Crippen MR) is 72.4 cm³/mol. The number of aryl methyl sites for hydroxylation is 1. The average Bonchev–Trinajstić information content (AvgIpc) is 2.57. The number of hydrogen-bond acceptors (Lipinski definition) is 3. The zero-order valence-corrected chi connectivity index (χ0v) is 11.6. The van der Waals surface area contributed by atoms with Gasteiger partial charge in [-0.3, -0.25) is 4.79 Å². The number of thiophene rings is 1. The van der Waals surface area contributed by atoms with Crippen molar-refractivity contribution in [3.8, 4) is 0 Å². The number of likely N-dealkylation sites (tertiary alicyclic amines) is 1. The Bertz CT molecular complexity index is 417. The van der Waals surface area contributed by atoms with Gasteiger partial charge in [-0.2, -0.15) is 0 Å². The van der Waals surface area contributed by atoms with E-state index in [0.717, 1.165) is 35.0 Å². The summed E-state index contributed by atoms with van der Waals surface area (Å²) in [6, 6.07) is 1.81. The van der Waals surface area contributed by atoms with E-state index in [1.165, 1.54) is 17.8 Å². The highest BCUT2D eigenvalue weighted by atomic mass is 32.1. The fourth-order valence-electron chi connectivity index (χ4n) is 2.35. The third kappa shape index (κ3) is 2.63. The van der Waals surface area contributed by atoms with Crippen LogP contribution in [-0.4, -0.2) is 23.9 Å². The fraction of sp³-hybridized carbons (Fsp3) is 0.615. The minimum atomic E-state index is 0.141. The third-order valence-corrected chi connectivity index (χ3v) is 4.41. The molecule has 0 saturated carbocycles. The smallest absolute Gasteiger partial charge is 0.264 e. The van der Waals surface area contributed by atoms with Gasteiger partial charge in [-0.05, 0) is 31.2 Å². The van der Waals surface area contributed by atoms with Crippen molar-refractivity contribution >= 4 is 22.9 Å². The topological polar surface area (TPSA) is 46.3 Å². The van der Waals surface area contributed by atoms with Crippen LogP contribution in [0.25, 0.3) is 0 Å². The molecule has 2 N–H and O–H groups in total. The van der Waals surface area contributed by atoms with Gasteiger partial charge in [0.05, 0.1) is 4.88 Å². The molecule has 0 spiro atoms. The molecule has 0 aromatic carbocycles. The Morgan fingerprint density at radius 1 is 1.53 bits per heavy atom. The van der Waals surface area contributed by atoms with Crippen molar-refractivity contribution in [1.29, 1.82) is 0 Å². The number of nitrogens with two attached hydrogens (primary N) is 1. The quantitative estimate of drug-likeness (QED) is 0.835. The van der Waals surface area contributed by atoms with Gasteiger partial charge in [-0.1, -0.05) is 13.8 Å². The number of hydrogen-bond donors (Lipinski definition) is 1. The first-order valence-electron chi connectivity index (χ1n) is 6.04. The second-order valence-electron chi connectivity index (χ2n) is 5.62. The summed E-state index contributed by atoms with van der Waals surface area (Å²) in [5.74, 6) is 0.141. The minimum absolute atomic E-state index is 0.141. The highest BCUT2D eigenvalue weighted by molar-refractivity contribution is 7.14. The maximum Gasteiger partial charge on any atom is 0.264 e. The summed E-state index contributed by atoms with van der Waals surface area (Å²) in [6.07, 6.45) is 2.29. The number of piperidine rings is 1. The molecule has 94 valence electrons. The van der Waals surface area contributed by atoms with Gasteiger partial charge in [-0.15, -0.1) is 11.3 Å². The Morgan fingerprint density at radius 2 is 2.24 bits per heavy atom. The maximum absolute atomic E-state index is 12.3. The summed E-state index contributed by atoms with van der Waals surface area (Å²) in [5, 5.41) is 0. The van der Waals surface area contributed by atoms with Gasteiger partial charge in [0.2, 0.25) is 0 Å². The molecule has 1 aromatic rings. The number of nitrogen functional groups attached to an aromatic ring is 1. The van der Waals surface area contributed by atoms with E-state index in [0.29, 0.717) is 0 Å². The van der Waals surface area contributed by atoms with E-state index in [9.17, 15) is 4.79 Å². The number of amides is 1. The molecule has 4 heteroatoms. The molecule has 0 atom stereocenters. The molecule has 0 aliphatic carbocycles. The first kappa shape index (κ1) is 12.4. The lowest BCUT2D eigenvalue weighted by Gasteiger charge is -2.37. The summed E-state index contributed by atoms with van der Waals surface area (Å²) >= 11 is 1.50. The van der Waals surface area contributed by atoms with Crippen LogP contribution in [0.2, 0.25) is 0 Å². The third-order valence-electron chi connectivity index (χ3n) is 3.35. The molecule has 1 fully saturated rings. The fourth-order valence-corrected chi connectivity index (χ4v) is 3.26. The highest BCUT2D eigenvalue weighted by Crippen LogP contribution is 2.31. The van der Waals surface area contributed by atoms with E-state index in [2.05, 4.69) is 13.8 Å². The van der Waals surface area contributed by atoms with E-state index in [4.69, 9.17) is 5.73 Å². The molecule has 0 radical (unpaired) electrons. The maximum atomic E-state index is 12.3. The number of carbonyl (C=O) groups is 1. The zero-order valence-electron chi connectivity index (χ0n) is 10.7. The molecule has 0 bridgehead atoms. The van der Waals surface area contributed by atoms with Gasteiger partial charge in [-0.25, -0.2) is 0 Å². The summed E-state index contributed by atoms with van der Waals surface area (Å²) < 4.78 is 0. The largest absolute Gasteiger partial charge is 0.398 e. The van der Waals surface area contributed by atoms with Crippen molar-refractivity contribution in [1.82, 2.24) is 4.90 Å². The van der Waals surface area contributed by atoms with Crippen LogP contribution < -0.4 is 5.73 Å². The number of nitrogens with zero attached hydrogens (tertiary/aromatic N) is 1. The SMILES string of the molecule is Cc1sc(C(=O)N2CCCC(C)(C)C2)cc1N. The van der Waals surface area contributed by atoms with Crippen LogP contribution >= 0.6 is 11.3 Å². The Hall–Kier alpha value is -1.03. The van der Waals surface area contributed by atoms with Gasteiger partial charge in [0.15, 0.2) is 0 Å². The molecular weight excluding hydrogens is 232 g/mol. The van der Waals surface area contributed by atoms with Gasteiger partial charge in [0.1, 0.15) is 0 Å². The number of rotatable bonds is 1. The molecule has 2 heterocycles. The summed E-state index contributed by atoms with van der Waals surface area (Å²) in [4.78, 5) is 16.1. The van der Waals surface area contributed by atoms with Crippen molar-refractivity contribution < 1.29 is 4.79 Å². The van der Waals surface area contributed by atoms with Crippen LogP contribution in [0.1, 0.15) is 41.2 Å². The monoisotopic (exact) mass is 252 g/mol. The highest BCUT2D eigenvalue weighted by Gasteiger charge is 2.30. The standard InChI is InChI=1S/C13H20N2OS/c1-9-10(14)7-11(17-9)12(16)15-6-4-5-13(2,3)8-15/h7H,4-6,8,14H2,1-3H3. The molecule has 1 aliphatic heterocycles. The van der Waals surface area contributed by atoms with Crippen molar-refractivity contribution in [3.05, 3.63) is 15.8 Å². The molecule has 17 heavy (non-hydrogen) atoms. The van der Waals surface area contributed by atoms with E-state index in [1.54, 1.807) is 0 Å². The molecule has 1 aromatic heterocycles. The van der Waals surface area contributed by atoms with Crippen LogP contribution in [0.4, 0.5) is 5.69 Å². The molecule has 1 saturated heterocycles. The lowest BCUT2D eigenvalue weighted by atomic mass is 9.84. The Kier molecular flexibility index (Phi) is 3.17. The molecule has 0 unspecified atom stereocenters. The van der Waals surface area contributed by atoms with Gasteiger partial charge in [0.25, 0.3) is 5.91 Å². The van der Waals surface area contributed by atoms with Crippen LogP contribution in [0.3, 0.4) is 0 Å².